The normalized spacial score (nSPS) is 12.4. The molecule has 0 aliphatic heterocycles. The van der Waals surface area contributed by atoms with Crippen molar-refractivity contribution in [1.29, 1.82) is 0 Å². The molecule has 0 saturated carbocycles. The van der Waals surface area contributed by atoms with Gasteiger partial charge in [-0.05, 0) is 37.6 Å². The van der Waals surface area contributed by atoms with Crippen LogP contribution in [0.5, 0.6) is 0 Å². The van der Waals surface area contributed by atoms with Crippen LogP contribution in [0.25, 0.3) is 10.9 Å². The van der Waals surface area contributed by atoms with Crippen molar-refractivity contribution in [2.75, 3.05) is 5.32 Å². The number of fused-ring (bicyclic) bond motifs is 1. The Morgan fingerprint density at radius 2 is 1.76 bits per heavy atom. The minimum atomic E-state index is -0.154. The molecule has 4 N–H and O–H groups in total. The van der Waals surface area contributed by atoms with Crippen molar-refractivity contribution >= 4 is 34.0 Å². The number of amidine groups is 1. The second kappa shape index (κ2) is 7.00. The van der Waals surface area contributed by atoms with Gasteiger partial charge in [0.2, 0.25) is 0 Å². The number of anilines is 1. The summed E-state index contributed by atoms with van der Waals surface area (Å²) in [5.41, 5.74) is 9.40. The van der Waals surface area contributed by atoms with Gasteiger partial charge in [-0.1, -0.05) is 30.3 Å². The number of hydrogen-bond donors (Lipinski definition) is 3. The molecule has 1 heterocycles. The van der Waals surface area contributed by atoms with Crippen LogP contribution in [0.15, 0.2) is 64.9 Å². The fraction of sp³-hybridized carbons (Fsp3) is 0.105. The maximum Gasteiger partial charge on any atom is 0.257 e. The highest BCUT2D eigenvalue weighted by Crippen LogP contribution is 2.19. The van der Waals surface area contributed by atoms with Gasteiger partial charge in [-0.25, -0.2) is 0 Å². The van der Waals surface area contributed by atoms with Crippen LogP contribution in [-0.2, 0) is 0 Å². The average molecular weight is 333 g/mol. The second-order valence-electron chi connectivity index (χ2n) is 5.71. The molecule has 0 unspecified atom stereocenters. The van der Waals surface area contributed by atoms with Crippen LogP contribution in [0.4, 0.5) is 5.69 Å². The summed E-state index contributed by atoms with van der Waals surface area (Å²) in [5, 5.41) is 11.7. The summed E-state index contributed by atoms with van der Waals surface area (Å²) in [7, 11) is 0. The highest BCUT2D eigenvalue weighted by atomic mass is 16.1. The van der Waals surface area contributed by atoms with Crippen LogP contribution in [-0.4, -0.2) is 22.4 Å². The molecule has 0 spiro atoms. The molecule has 25 heavy (non-hydrogen) atoms. The van der Waals surface area contributed by atoms with Gasteiger partial charge < -0.3 is 16.0 Å². The predicted octanol–water partition coefficient (Wildman–Crippen LogP) is 3.52. The Bertz CT molecular complexity index is 963. The molecule has 0 saturated heterocycles. The summed E-state index contributed by atoms with van der Waals surface area (Å²) in [6.45, 7) is 3.53. The van der Waals surface area contributed by atoms with Gasteiger partial charge >= 0.3 is 0 Å². The molecule has 0 fully saturated rings. The molecule has 0 aliphatic rings. The fourth-order valence-corrected chi connectivity index (χ4v) is 2.46. The number of hydrogen-bond acceptors (Lipinski definition) is 3. The number of aromatic nitrogens is 1. The molecular weight excluding hydrogens is 314 g/mol. The number of nitrogens with one attached hydrogen (secondary N) is 2. The van der Waals surface area contributed by atoms with Gasteiger partial charge in [-0.2, -0.15) is 5.10 Å². The van der Waals surface area contributed by atoms with E-state index < -0.39 is 0 Å². The zero-order chi connectivity index (χ0) is 17.8. The van der Waals surface area contributed by atoms with Gasteiger partial charge in [0, 0.05) is 22.8 Å². The Labute approximate surface area is 145 Å². The quantitative estimate of drug-likeness (QED) is 0.387. The highest BCUT2D eigenvalue weighted by Gasteiger charge is 2.11. The van der Waals surface area contributed by atoms with Crippen LogP contribution >= 0.6 is 0 Å². The molecule has 1 amide bonds. The number of aromatic amines is 1. The summed E-state index contributed by atoms with van der Waals surface area (Å²) < 4.78 is 0. The molecule has 0 atom stereocenters. The van der Waals surface area contributed by atoms with Crippen molar-refractivity contribution in [3.63, 3.8) is 0 Å². The van der Waals surface area contributed by atoms with Gasteiger partial charge in [0.1, 0.15) is 5.84 Å². The number of nitrogens with two attached hydrogens (primary N) is 1. The molecule has 0 bridgehead atoms. The summed E-state index contributed by atoms with van der Waals surface area (Å²) >= 11 is 0. The van der Waals surface area contributed by atoms with Crippen molar-refractivity contribution in [3.8, 4) is 0 Å². The van der Waals surface area contributed by atoms with Crippen molar-refractivity contribution in [2.24, 2.45) is 15.9 Å². The lowest BCUT2D eigenvalue weighted by atomic mass is 10.1. The lowest BCUT2D eigenvalue weighted by Crippen LogP contribution is -2.11. The van der Waals surface area contributed by atoms with Gasteiger partial charge in [-0.15, -0.1) is 5.10 Å². The number of carbonyl (C=O) groups is 1. The first kappa shape index (κ1) is 16.4. The van der Waals surface area contributed by atoms with Crippen molar-refractivity contribution < 1.29 is 4.79 Å². The van der Waals surface area contributed by atoms with E-state index in [4.69, 9.17) is 5.73 Å². The van der Waals surface area contributed by atoms with Crippen molar-refractivity contribution in [3.05, 3.63) is 65.9 Å². The number of carbonyl (C=O) groups excluding carboxylic acids is 1. The Balaban J connectivity index is 1.76. The number of nitrogens with zero attached hydrogens (tertiary/aromatic N) is 2. The van der Waals surface area contributed by atoms with E-state index in [9.17, 15) is 4.79 Å². The zero-order valence-corrected chi connectivity index (χ0v) is 14.1. The zero-order valence-electron chi connectivity index (χ0n) is 14.1. The molecule has 0 aliphatic carbocycles. The van der Waals surface area contributed by atoms with E-state index in [1.54, 1.807) is 13.1 Å². The summed E-state index contributed by atoms with van der Waals surface area (Å²) in [6.07, 6.45) is 1.72. The molecule has 6 heteroatoms. The Hall–Kier alpha value is -3.41. The molecule has 3 rings (SSSR count). The number of amides is 1. The summed E-state index contributed by atoms with van der Waals surface area (Å²) in [4.78, 5) is 15.6. The first-order valence-corrected chi connectivity index (χ1v) is 7.87. The standard InChI is InChI=1S/C19H19N5O/c1-12(23-24-13(2)20)14-7-9-15(10-8-14)22-19(25)17-11-21-18-6-4-3-5-16(17)18/h3-11,21H,1-2H3,(H2,20,24)(H,22,25)/b23-12-. The lowest BCUT2D eigenvalue weighted by Gasteiger charge is -2.06. The minimum Gasteiger partial charge on any atom is -0.386 e. The van der Waals surface area contributed by atoms with Crippen LogP contribution < -0.4 is 11.1 Å². The maximum absolute atomic E-state index is 12.5. The average Bonchev–Trinajstić information content (AvgIpc) is 3.04. The van der Waals surface area contributed by atoms with Crippen LogP contribution in [0.2, 0.25) is 0 Å². The van der Waals surface area contributed by atoms with Gasteiger partial charge in [0.25, 0.3) is 5.91 Å². The fourth-order valence-electron chi connectivity index (χ4n) is 2.46. The third-order valence-corrected chi connectivity index (χ3v) is 3.75. The molecule has 1 aromatic heterocycles. The largest absolute Gasteiger partial charge is 0.386 e. The minimum absolute atomic E-state index is 0.154. The van der Waals surface area contributed by atoms with E-state index in [1.165, 1.54) is 0 Å². The third kappa shape index (κ3) is 3.74. The maximum atomic E-state index is 12.5. The third-order valence-electron chi connectivity index (χ3n) is 3.75. The Kier molecular flexibility index (Phi) is 4.61. The predicted molar refractivity (Wildman–Crippen MR) is 102 cm³/mol. The van der Waals surface area contributed by atoms with Gasteiger partial charge in [0.05, 0.1) is 11.3 Å². The van der Waals surface area contributed by atoms with E-state index in [2.05, 4.69) is 20.5 Å². The number of rotatable bonds is 4. The molecule has 2 aromatic carbocycles. The topological polar surface area (TPSA) is 95.6 Å². The highest BCUT2D eigenvalue weighted by molar-refractivity contribution is 6.12. The smallest absolute Gasteiger partial charge is 0.257 e. The van der Waals surface area contributed by atoms with E-state index >= 15 is 0 Å². The van der Waals surface area contributed by atoms with E-state index in [-0.39, 0.29) is 5.91 Å². The second-order valence-corrected chi connectivity index (χ2v) is 5.71. The van der Waals surface area contributed by atoms with E-state index in [0.717, 1.165) is 22.2 Å². The SMILES string of the molecule is CC(N)=N/N=C(/C)c1ccc(NC(=O)c2c[nH]c3ccccc23)cc1. The molecule has 0 radical (unpaired) electrons. The van der Waals surface area contributed by atoms with E-state index in [0.29, 0.717) is 17.1 Å². The van der Waals surface area contributed by atoms with Gasteiger partial charge in [0.15, 0.2) is 0 Å². The van der Waals surface area contributed by atoms with Crippen LogP contribution in [0, 0.1) is 0 Å². The lowest BCUT2D eigenvalue weighted by molar-refractivity contribution is 0.102. The first-order valence-electron chi connectivity index (χ1n) is 7.87. The van der Waals surface area contributed by atoms with Crippen molar-refractivity contribution in [2.45, 2.75) is 13.8 Å². The summed E-state index contributed by atoms with van der Waals surface area (Å²) in [5.74, 6) is 0.251. The van der Waals surface area contributed by atoms with E-state index in [1.807, 2.05) is 55.5 Å². The number of para-hydroxylation sites is 1. The van der Waals surface area contributed by atoms with Crippen molar-refractivity contribution in [1.82, 2.24) is 4.98 Å². The molecule has 6 nitrogen and oxygen atoms in total. The number of H-pyrrole nitrogens is 1. The number of benzene rings is 2. The summed E-state index contributed by atoms with van der Waals surface area (Å²) in [6, 6.07) is 15.1. The monoisotopic (exact) mass is 333 g/mol. The van der Waals surface area contributed by atoms with Gasteiger partial charge in [-0.3, -0.25) is 4.79 Å². The van der Waals surface area contributed by atoms with Crippen LogP contribution in [0.1, 0.15) is 29.8 Å². The first-order chi connectivity index (χ1) is 12.0. The molecule has 3 aromatic rings. The Morgan fingerprint density at radius 3 is 2.48 bits per heavy atom. The van der Waals surface area contributed by atoms with Crippen LogP contribution in [0.3, 0.4) is 0 Å². The molecular formula is C19H19N5O. The Morgan fingerprint density at radius 1 is 1.04 bits per heavy atom. The molecule has 126 valence electrons.